The summed E-state index contributed by atoms with van der Waals surface area (Å²) in [6, 6.07) is 13.9. The fraction of sp³-hybridized carbons (Fsp3) is 0.267. The number of benzene rings is 1. The maximum absolute atomic E-state index is 12.3. The molecule has 4 heteroatoms. The van der Waals surface area contributed by atoms with Crippen LogP contribution in [-0.2, 0) is 4.74 Å². The summed E-state index contributed by atoms with van der Waals surface area (Å²) >= 11 is 1.49. The molecule has 1 aliphatic heterocycles. The molecular weight excluding hydrogens is 258 g/mol. The summed E-state index contributed by atoms with van der Waals surface area (Å²) in [5.74, 6) is 0.110. The quantitative estimate of drug-likeness (QED) is 0.842. The minimum absolute atomic E-state index is 0.0149. The highest BCUT2D eigenvalue weighted by Crippen LogP contribution is 2.23. The van der Waals surface area contributed by atoms with Gasteiger partial charge in [-0.15, -0.1) is 11.3 Å². The minimum Gasteiger partial charge on any atom is -0.370 e. The zero-order valence-corrected chi connectivity index (χ0v) is 11.3. The second-order valence-electron chi connectivity index (χ2n) is 4.50. The van der Waals surface area contributed by atoms with Crippen LogP contribution in [0.15, 0.2) is 47.8 Å². The van der Waals surface area contributed by atoms with Crippen molar-refractivity contribution in [2.75, 3.05) is 19.7 Å². The fourth-order valence-electron chi connectivity index (χ4n) is 2.26. The molecule has 0 spiro atoms. The Bertz CT molecular complexity index is 539. The van der Waals surface area contributed by atoms with Crippen molar-refractivity contribution in [3.63, 3.8) is 0 Å². The van der Waals surface area contributed by atoms with Crippen LogP contribution in [0.1, 0.15) is 21.3 Å². The number of hydrogen-bond donors (Lipinski definition) is 0. The minimum atomic E-state index is -0.0149. The van der Waals surface area contributed by atoms with Gasteiger partial charge in [0, 0.05) is 6.54 Å². The molecule has 0 saturated carbocycles. The monoisotopic (exact) mass is 273 g/mol. The predicted molar refractivity (Wildman–Crippen MR) is 75.4 cm³/mol. The zero-order chi connectivity index (χ0) is 13.1. The van der Waals surface area contributed by atoms with Crippen molar-refractivity contribution in [1.82, 2.24) is 4.90 Å². The van der Waals surface area contributed by atoms with E-state index in [1.807, 2.05) is 52.7 Å². The number of amides is 1. The third-order valence-electron chi connectivity index (χ3n) is 3.26. The third-order valence-corrected chi connectivity index (χ3v) is 4.11. The summed E-state index contributed by atoms with van der Waals surface area (Å²) in [7, 11) is 0. The second-order valence-corrected chi connectivity index (χ2v) is 5.45. The molecular formula is C15H15NO2S. The van der Waals surface area contributed by atoms with Gasteiger partial charge in [0.05, 0.1) is 18.0 Å². The van der Waals surface area contributed by atoms with Crippen LogP contribution >= 0.6 is 11.3 Å². The van der Waals surface area contributed by atoms with Gasteiger partial charge in [-0.25, -0.2) is 0 Å². The number of nitrogens with zero attached hydrogens (tertiary/aromatic N) is 1. The Morgan fingerprint density at radius 3 is 2.79 bits per heavy atom. The molecule has 19 heavy (non-hydrogen) atoms. The molecule has 0 bridgehead atoms. The highest BCUT2D eigenvalue weighted by molar-refractivity contribution is 7.12. The van der Waals surface area contributed by atoms with Crippen molar-refractivity contribution in [3.8, 4) is 0 Å². The van der Waals surface area contributed by atoms with Crippen LogP contribution in [-0.4, -0.2) is 30.5 Å². The number of carbonyl (C=O) groups excluding carboxylic acids is 1. The third kappa shape index (κ3) is 2.69. The van der Waals surface area contributed by atoms with Gasteiger partial charge in [-0.05, 0) is 17.0 Å². The normalized spacial score (nSPS) is 19.4. The number of carbonyl (C=O) groups is 1. The van der Waals surface area contributed by atoms with E-state index in [9.17, 15) is 4.79 Å². The van der Waals surface area contributed by atoms with Crippen molar-refractivity contribution in [1.29, 1.82) is 0 Å². The van der Waals surface area contributed by atoms with Crippen LogP contribution in [0.25, 0.3) is 0 Å². The van der Waals surface area contributed by atoms with E-state index in [4.69, 9.17) is 4.74 Å². The molecule has 0 radical (unpaired) electrons. The largest absolute Gasteiger partial charge is 0.370 e. The summed E-state index contributed by atoms with van der Waals surface area (Å²) in [6.45, 7) is 1.89. The number of hydrogen-bond acceptors (Lipinski definition) is 3. The van der Waals surface area contributed by atoms with Gasteiger partial charge in [-0.3, -0.25) is 4.79 Å². The highest BCUT2D eigenvalue weighted by Gasteiger charge is 2.26. The van der Waals surface area contributed by atoms with E-state index in [1.54, 1.807) is 0 Å². The Balaban J connectivity index is 1.73. The lowest BCUT2D eigenvalue weighted by Gasteiger charge is -2.33. The zero-order valence-electron chi connectivity index (χ0n) is 10.5. The molecule has 1 aliphatic rings. The lowest BCUT2D eigenvalue weighted by Crippen LogP contribution is -2.42. The molecule has 1 saturated heterocycles. The van der Waals surface area contributed by atoms with Gasteiger partial charge < -0.3 is 9.64 Å². The molecule has 0 N–H and O–H groups in total. The number of morpholine rings is 1. The first kappa shape index (κ1) is 12.4. The molecule has 3 rings (SSSR count). The Labute approximate surface area is 116 Å². The van der Waals surface area contributed by atoms with E-state index in [0.717, 1.165) is 10.4 Å². The molecule has 1 aromatic heterocycles. The topological polar surface area (TPSA) is 29.5 Å². The van der Waals surface area contributed by atoms with Crippen molar-refractivity contribution >= 4 is 17.2 Å². The van der Waals surface area contributed by atoms with Gasteiger partial charge in [-0.2, -0.15) is 0 Å². The molecule has 1 amide bonds. The van der Waals surface area contributed by atoms with Gasteiger partial charge in [0.25, 0.3) is 5.91 Å². The van der Waals surface area contributed by atoms with Crippen molar-refractivity contribution < 1.29 is 9.53 Å². The maximum Gasteiger partial charge on any atom is 0.264 e. The standard InChI is InChI=1S/C15H15NO2S/c17-15(14-7-4-10-19-14)16-8-9-18-13(11-16)12-5-2-1-3-6-12/h1-7,10,13H,8-9,11H2. The van der Waals surface area contributed by atoms with Crippen LogP contribution < -0.4 is 0 Å². The lowest BCUT2D eigenvalue weighted by atomic mass is 10.1. The van der Waals surface area contributed by atoms with E-state index in [2.05, 4.69) is 0 Å². The van der Waals surface area contributed by atoms with E-state index in [-0.39, 0.29) is 12.0 Å². The highest BCUT2D eigenvalue weighted by atomic mass is 32.1. The fourth-order valence-corrected chi connectivity index (χ4v) is 2.95. The Morgan fingerprint density at radius 1 is 1.21 bits per heavy atom. The average Bonchev–Trinajstić information content (AvgIpc) is 3.02. The Morgan fingerprint density at radius 2 is 2.05 bits per heavy atom. The summed E-state index contributed by atoms with van der Waals surface area (Å²) in [5.41, 5.74) is 1.13. The first-order valence-electron chi connectivity index (χ1n) is 6.34. The van der Waals surface area contributed by atoms with Gasteiger partial charge in [-0.1, -0.05) is 36.4 Å². The summed E-state index contributed by atoms with van der Waals surface area (Å²) < 4.78 is 5.77. The van der Waals surface area contributed by atoms with E-state index in [1.165, 1.54) is 11.3 Å². The molecule has 98 valence electrons. The Kier molecular flexibility index (Phi) is 3.62. The van der Waals surface area contributed by atoms with Crippen LogP contribution in [0, 0.1) is 0 Å². The van der Waals surface area contributed by atoms with Gasteiger partial charge in [0.15, 0.2) is 0 Å². The smallest absolute Gasteiger partial charge is 0.264 e. The number of thiophene rings is 1. The molecule has 1 atom stereocenters. The van der Waals surface area contributed by atoms with Gasteiger partial charge in [0.1, 0.15) is 6.10 Å². The molecule has 0 aliphatic carbocycles. The van der Waals surface area contributed by atoms with Gasteiger partial charge in [0.2, 0.25) is 0 Å². The predicted octanol–water partition coefficient (Wildman–Crippen LogP) is 2.96. The van der Waals surface area contributed by atoms with Crippen LogP contribution in [0.3, 0.4) is 0 Å². The first-order valence-corrected chi connectivity index (χ1v) is 7.22. The second kappa shape index (κ2) is 5.55. The first-order chi connectivity index (χ1) is 9.34. The lowest BCUT2D eigenvalue weighted by molar-refractivity contribution is -0.0226. The molecule has 1 fully saturated rings. The molecule has 1 aromatic carbocycles. The van der Waals surface area contributed by atoms with Crippen LogP contribution in [0.2, 0.25) is 0 Å². The van der Waals surface area contributed by atoms with E-state index >= 15 is 0 Å². The van der Waals surface area contributed by atoms with Crippen molar-refractivity contribution in [2.24, 2.45) is 0 Å². The van der Waals surface area contributed by atoms with Gasteiger partial charge >= 0.3 is 0 Å². The maximum atomic E-state index is 12.3. The average molecular weight is 273 g/mol. The molecule has 3 nitrogen and oxygen atoms in total. The molecule has 2 aromatic rings. The summed E-state index contributed by atoms with van der Waals surface area (Å²) in [4.78, 5) is 15.0. The van der Waals surface area contributed by atoms with Crippen molar-refractivity contribution in [3.05, 3.63) is 58.3 Å². The number of ether oxygens (including phenoxy) is 1. The Hall–Kier alpha value is -1.65. The van der Waals surface area contributed by atoms with E-state index in [0.29, 0.717) is 19.7 Å². The number of rotatable bonds is 2. The van der Waals surface area contributed by atoms with Crippen molar-refractivity contribution in [2.45, 2.75) is 6.10 Å². The molecule has 1 unspecified atom stereocenters. The van der Waals surface area contributed by atoms with Crippen LogP contribution in [0.5, 0.6) is 0 Å². The SMILES string of the molecule is O=C(c1cccs1)N1CCOC(c2ccccc2)C1. The van der Waals surface area contributed by atoms with Crippen LogP contribution in [0.4, 0.5) is 0 Å². The molecule has 2 heterocycles. The summed E-state index contributed by atoms with van der Waals surface area (Å²) in [5, 5.41) is 1.93. The van der Waals surface area contributed by atoms with E-state index < -0.39 is 0 Å². The summed E-state index contributed by atoms with van der Waals surface area (Å²) in [6.07, 6.45) is -0.0149.